The van der Waals surface area contributed by atoms with Gasteiger partial charge in [-0.3, -0.25) is 9.59 Å². The first-order valence-corrected chi connectivity index (χ1v) is 13.3. The van der Waals surface area contributed by atoms with Crippen LogP contribution in [0.3, 0.4) is 0 Å². The Bertz CT molecular complexity index is 1100. The molecule has 194 valence electrons. The molecule has 0 radical (unpaired) electrons. The molecule has 1 aromatic rings. The van der Waals surface area contributed by atoms with Gasteiger partial charge in [0.15, 0.2) is 5.78 Å². The number of halogens is 3. The van der Waals surface area contributed by atoms with Gasteiger partial charge >= 0.3 is 6.36 Å². The third-order valence-electron chi connectivity index (χ3n) is 9.96. The van der Waals surface area contributed by atoms with Crippen molar-refractivity contribution in [1.82, 2.24) is 0 Å². The van der Waals surface area contributed by atoms with Crippen LogP contribution in [0.5, 0.6) is 5.75 Å². The van der Waals surface area contributed by atoms with Crippen LogP contribution in [0.25, 0.3) is 0 Å². The van der Waals surface area contributed by atoms with Crippen molar-refractivity contribution in [2.24, 2.45) is 34.5 Å². The van der Waals surface area contributed by atoms with Crippen LogP contribution in [-0.2, 0) is 16.0 Å². The summed E-state index contributed by atoms with van der Waals surface area (Å²) in [4.78, 5) is 24.9. The van der Waals surface area contributed by atoms with E-state index >= 15 is 0 Å². The third kappa shape index (κ3) is 4.45. The zero-order chi connectivity index (χ0) is 25.7. The number of carbonyl (C=O) groups is 2. The largest absolute Gasteiger partial charge is 0.573 e. The number of aryl methyl sites for hydroxylation is 1. The van der Waals surface area contributed by atoms with E-state index in [2.05, 4.69) is 23.8 Å². The lowest BCUT2D eigenvalue weighted by molar-refractivity contribution is -0.274. The monoisotopic (exact) mass is 500 g/mol. The van der Waals surface area contributed by atoms with E-state index in [1.54, 1.807) is 13.0 Å². The first kappa shape index (κ1) is 25.3. The molecule has 3 nitrogen and oxygen atoms in total. The van der Waals surface area contributed by atoms with E-state index in [9.17, 15) is 22.8 Å². The number of rotatable bonds is 6. The Morgan fingerprint density at radius 3 is 2.69 bits per heavy atom. The minimum absolute atomic E-state index is 0.0206. The normalized spacial score (nSPS) is 35.5. The molecule has 0 saturated heterocycles. The molecule has 0 heterocycles. The molecule has 4 aliphatic rings. The van der Waals surface area contributed by atoms with Crippen molar-refractivity contribution in [3.05, 3.63) is 53.6 Å². The van der Waals surface area contributed by atoms with Crippen LogP contribution in [0.4, 0.5) is 13.2 Å². The van der Waals surface area contributed by atoms with Gasteiger partial charge in [-0.15, -0.1) is 13.2 Å². The first-order chi connectivity index (χ1) is 17.0. The SMILES string of the molecule is CC(=O)[C@H]1CC[C@H]2[C@@H]3C=CC4=CC(=O)CC[C@]4(C)[C@H]3CC[C@]12CCCc1cccc(OC(F)(F)F)c1. The number of hydrogen-bond donors (Lipinski definition) is 0. The van der Waals surface area contributed by atoms with Gasteiger partial charge in [0.2, 0.25) is 0 Å². The zero-order valence-electron chi connectivity index (χ0n) is 21.1. The lowest BCUT2D eigenvalue weighted by Crippen LogP contribution is -2.50. The number of ether oxygens (including phenoxy) is 1. The summed E-state index contributed by atoms with van der Waals surface area (Å²) in [6.45, 7) is 4.05. The molecule has 6 atom stereocenters. The molecular weight excluding hydrogens is 465 g/mol. The molecular formula is C30H35F3O3. The summed E-state index contributed by atoms with van der Waals surface area (Å²) in [7, 11) is 0. The molecule has 0 bridgehead atoms. The van der Waals surface area contributed by atoms with Crippen molar-refractivity contribution < 1.29 is 27.5 Å². The summed E-state index contributed by atoms with van der Waals surface area (Å²) in [5.74, 6) is 1.68. The molecule has 6 heteroatoms. The van der Waals surface area contributed by atoms with Crippen molar-refractivity contribution in [2.45, 2.75) is 78.0 Å². The zero-order valence-corrected chi connectivity index (χ0v) is 21.1. The predicted molar refractivity (Wildman–Crippen MR) is 131 cm³/mol. The van der Waals surface area contributed by atoms with Gasteiger partial charge < -0.3 is 4.74 Å². The van der Waals surface area contributed by atoms with Crippen LogP contribution in [0.2, 0.25) is 0 Å². The van der Waals surface area contributed by atoms with E-state index < -0.39 is 6.36 Å². The first-order valence-electron chi connectivity index (χ1n) is 13.3. The minimum atomic E-state index is -4.70. The molecule has 0 amide bonds. The highest BCUT2D eigenvalue weighted by molar-refractivity contribution is 5.92. The summed E-state index contributed by atoms with van der Waals surface area (Å²) in [6, 6.07) is 6.24. The van der Waals surface area contributed by atoms with Gasteiger partial charge in [-0.05, 0) is 116 Å². The van der Waals surface area contributed by atoms with Crippen LogP contribution in [0.1, 0.15) is 70.8 Å². The topological polar surface area (TPSA) is 43.4 Å². The van der Waals surface area contributed by atoms with Crippen LogP contribution < -0.4 is 4.74 Å². The summed E-state index contributed by atoms with van der Waals surface area (Å²) < 4.78 is 42.0. The van der Waals surface area contributed by atoms with E-state index in [0.29, 0.717) is 30.6 Å². The fraction of sp³-hybridized carbons (Fsp3) is 0.600. The number of fused-ring (bicyclic) bond motifs is 5. The van der Waals surface area contributed by atoms with E-state index in [-0.39, 0.29) is 34.1 Å². The van der Waals surface area contributed by atoms with Crippen LogP contribution >= 0.6 is 0 Å². The molecule has 36 heavy (non-hydrogen) atoms. The lowest BCUT2D eigenvalue weighted by Gasteiger charge is -2.57. The Kier molecular flexibility index (Phi) is 6.45. The number of benzene rings is 1. The number of Topliss-reactive ketones (excluding diaryl/α,β-unsaturated/α-hetero) is 1. The maximum absolute atomic E-state index is 12.8. The van der Waals surface area contributed by atoms with Crippen molar-refractivity contribution >= 4 is 11.6 Å². The van der Waals surface area contributed by atoms with Gasteiger partial charge in [-0.25, -0.2) is 0 Å². The smallest absolute Gasteiger partial charge is 0.406 e. The molecule has 5 rings (SSSR count). The maximum Gasteiger partial charge on any atom is 0.573 e. The van der Waals surface area contributed by atoms with Gasteiger partial charge in [0, 0.05) is 12.3 Å². The Labute approximate surface area is 211 Å². The summed E-state index contributed by atoms with van der Waals surface area (Å²) in [5, 5.41) is 0. The Morgan fingerprint density at radius 1 is 1.14 bits per heavy atom. The number of allylic oxidation sites excluding steroid dienone is 4. The highest BCUT2D eigenvalue weighted by Crippen LogP contribution is 2.66. The van der Waals surface area contributed by atoms with Gasteiger partial charge in [-0.2, -0.15) is 0 Å². The second kappa shape index (κ2) is 9.18. The van der Waals surface area contributed by atoms with Crippen molar-refractivity contribution in [1.29, 1.82) is 0 Å². The minimum Gasteiger partial charge on any atom is -0.406 e. The van der Waals surface area contributed by atoms with Crippen molar-refractivity contribution in [2.75, 3.05) is 0 Å². The number of carbonyl (C=O) groups excluding carboxylic acids is 2. The quantitative estimate of drug-likeness (QED) is 0.409. The van der Waals surface area contributed by atoms with Crippen LogP contribution in [-0.4, -0.2) is 17.9 Å². The fourth-order valence-corrected chi connectivity index (χ4v) is 8.43. The van der Waals surface area contributed by atoms with Gasteiger partial charge in [0.05, 0.1) is 0 Å². The maximum atomic E-state index is 12.8. The average Bonchev–Trinajstić information content (AvgIpc) is 3.19. The van der Waals surface area contributed by atoms with E-state index in [0.717, 1.165) is 50.5 Å². The third-order valence-corrected chi connectivity index (χ3v) is 9.96. The van der Waals surface area contributed by atoms with Gasteiger partial charge in [0.1, 0.15) is 11.5 Å². The van der Waals surface area contributed by atoms with Gasteiger partial charge in [-0.1, -0.05) is 31.2 Å². The number of hydrogen-bond acceptors (Lipinski definition) is 3. The Morgan fingerprint density at radius 2 is 1.94 bits per heavy atom. The summed E-state index contributed by atoms with van der Waals surface area (Å²) >= 11 is 0. The lowest BCUT2D eigenvalue weighted by atomic mass is 9.47. The van der Waals surface area contributed by atoms with E-state index in [1.807, 2.05) is 12.1 Å². The molecule has 0 unspecified atom stereocenters. The van der Waals surface area contributed by atoms with Gasteiger partial charge in [0.25, 0.3) is 0 Å². The Balaban J connectivity index is 1.36. The fourth-order valence-electron chi connectivity index (χ4n) is 8.43. The molecule has 0 spiro atoms. The van der Waals surface area contributed by atoms with Crippen LogP contribution in [0.15, 0.2) is 48.1 Å². The molecule has 0 aromatic heterocycles. The highest BCUT2D eigenvalue weighted by atomic mass is 19.4. The number of ketones is 2. The number of alkyl halides is 3. The molecule has 0 N–H and O–H groups in total. The van der Waals surface area contributed by atoms with E-state index in [4.69, 9.17) is 0 Å². The average molecular weight is 501 g/mol. The molecule has 2 fully saturated rings. The van der Waals surface area contributed by atoms with E-state index in [1.165, 1.54) is 17.7 Å². The van der Waals surface area contributed by atoms with Crippen LogP contribution in [0, 0.1) is 34.5 Å². The second-order valence-electron chi connectivity index (χ2n) is 11.7. The molecule has 4 aliphatic carbocycles. The van der Waals surface area contributed by atoms with Crippen molar-refractivity contribution in [3.63, 3.8) is 0 Å². The highest BCUT2D eigenvalue weighted by Gasteiger charge is 2.60. The van der Waals surface area contributed by atoms with Crippen molar-refractivity contribution in [3.8, 4) is 5.75 Å². The molecule has 1 aromatic carbocycles. The summed E-state index contributed by atoms with van der Waals surface area (Å²) in [6.07, 6.45) is 9.57. The molecule has 0 aliphatic heterocycles. The predicted octanol–water partition coefficient (Wildman–Crippen LogP) is 7.40. The summed E-state index contributed by atoms with van der Waals surface area (Å²) in [5.41, 5.74) is 1.96. The second-order valence-corrected chi connectivity index (χ2v) is 11.7. The molecule has 2 saturated carbocycles. The Hall–Kier alpha value is -2.37. The standard InChI is InChI=1S/C30H35F3O3/c1-19(34)25-10-11-27-24-9-8-21-18-22(35)12-15-28(21,2)26(24)13-16-29(25,27)14-4-6-20-5-3-7-23(17-20)36-30(31,32)33/h3,5,7-9,17-18,24-27H,4,6,10-16H2,1-2H3/t24-,25-,26+,27+,28+,29-/m1/s1.